The zero-order chi connectivity index (χ0) is 13.0. The third-order valence-electron chi connectivity index (χ3n) is 2.03. The minimum absolute atomic E-state index is 0.0861. The normalized spacial score (nSPS) is 10.1. The largest absolute Gasteiger partial charge is 0.464 e. The van der Waals surface area contributed by atoms with Crippen LogP contribution in [0.1, 0.15) is 6.92 Å². The van der Waals surface area contributed by atoms with Gasteiger partial charge in [-0.2, -0.15) is 15.0 Å². The van der Waals surface area contributed by atoms with Gasteiger partial charge in [-0.3, -0.25) is 0 Å². The molecule has 0 saturated heterocycles. The smallest absolute Gasteiger partial charge is 0.323 e. The van der Waals surface area contributed by atoms with Gasteiger partial charge >= 0.3 is 6.01 Å². The van der Waals surface area contributed by atoms with Crippen molar-refractivity contribution < 1.29 is 4.74 Å². The van der Waals surface area contributed by atoms with Gasteiger partial charge in [0.05, 0.1) is 17.3 Å². The number of benzene rings is 1. The lowest BCUT2D eigenvalue weighted by Gasteiger charge is -2.08. The van der Waals surface area contributed by atoms with E-state index in [1.807, 2.05) is 25.1 Å². The zero-order valence-electron chi connectivity index (χ0n) is 9.72. The molecule has 6 nitrogen and oxygen atoms in total. The Morgan fingerprint density at radius 3 is 2.78 bits per heavy atom. The third kappa shape index (κ3) is 2.98. The van der Waals surface area contributed by atoms with Gasteiger partial charge in [0.1, 0.15) is 0 Å². The maximum absolute atomic E-state index is 6.02. The van der Waals surface area contributed by atoms with Crippen molar-refractivity contribution in [3.8, 4) is 6.01 Å². The summed E-state index contributed by atoms with van der Waals surface area (Å²) in [5.74, 6) is 0.377. The number of rotatable bonds is 4. The molecule has 0 amide bonds. The number of para-hydroxylation sites is 1. The Bertz CT molecular complexity index is 549. The number of nitrogen functional groups attached to an aromatic ring is 1. The lowest BCUT2D eigenvalue weighted by atomic mass is 10.3. The Balaban J connectivity index is 2.26. The van der Waals surface area contributed by atoms with E-state index in [2.05, 4.69) is 20.3 Å². The average Bonchev–Trinajstić information content (AvgIpc) is 2.32. The SMILES string of the molecule is CCOc1nc(N)nc(Nc2ccccc2Cl)n1. The number of halogens is 1. The fourth-order valence-corrected chi connectivity index (χ4v) is 1.49. The van der Waals surface area contributed by atoms with Crippen LogP contribution in [0.3, 0.4) is 0 Å². The van der Waals surface area contributed by atoms with Gasteiger partial charge in [0.2, 0.25) is 11.9 Å². The molecular weight excluding hydrogens is 254 g/mol. The molecule has 2 aromatic rings. The molecule has 3 N–H and O–H groups in total. The topological polar surface area (TPSA) is 86.0 Å². The van der Waals surface area contributed by atoms with Gasteiger partial charge in [0.15, 0.2) is 0 Å². The minimum Gasteiger partial charge on any atom is -0.464 e. The van der Waals surface area contributed by atoms with Crippen LogP contribution in [0.4, 0.5) is 17.6 Å². The second-order valence-electron chi connectivity index (χ2n) is 3.34. The summed E-state index contributed by atoms with van der Waals surface area (Å²) in [6.45, 7) is 2.29. The van der Waals surface area contributed by atoms with Crippen LogP contribution in [0.5, 0.6) is 6.01 Å². The maximum atomic E-state index is 6.02. The molecule has 1 heterocycles. The number of hydrogen-bond donors (Lipinski definition) is 2. The Kier molecular flexibility index (Phi) is 3.78. The number of aromatic nitrogens is 3. The van der Waals surface area contributed by atoms with Crippen molar-refractivity contribution in [2.24, 2.45) is 0 Å². The fraction of sp³-hybridized carbons (Fsp3) is 0.182. The molecule has 0 fully saturated rings. The monoisotopic (exact) mass is 265 g/mol. The average molecular weight is 266 g/mol. The van der Waals surface area contributed by atoms with Gasteiger partial charge < -0.3 is 15.8 Å². The quantitative estimate of drug-likeness (QED) is 0.882. The van der Waals surface area contributed by atoms with Gasteiger partial charge in [-0.25, -0.2) is 0 Å². The van der Waals surface area contributed by atoms with Crippen molar-refractivity contribution in [3.63, 3.8) is 0 Å². The van der Waals surface area contributed by atoms with E-state index >= 15 is 0 Å². The molecule has 0 aliphatic rings. The minimum atomic E-state index is 0.0861. The van der Waals surface area contributed by atoms with Crippen LogP contribution < -0.4 is 15.8 Å². The van der Waals surface area contributed by atoms with E-state index in [1.165, 1.54) is 0 Å². The summed E-state index contributed by atoms with van der Waals surface area (Å²) in [7, 11) is 0. The summed E-state index contributed by atoms with van der Waals surface area (Å²) in [5.41, 5.74) is 6.25. The Labute approximate surface area is 109 Å². The summed E-state index contributed by atoms with van der Waals surface area (Å²) in [6.07, 6.45) is 0. The molecule has 0 bridgehead atoms. The second kappa shape index (κ2) is 5.50. The maximum Gasteiger partial charge on any atom is 0.323 e. The van der Waals surface area contributed by atoms with E-state index < -0.39 is 0 Å². The highest BCUT2D eigenvalue weighted by molar-refractivity contribution is 6.33. The molecule has 1 aromatic carbocycles. The predicted molar refractivity (Wildman–Crippen MR) is 70.1 cm³/mol. The first-order chi connectivity index (χ1) is 8.69. The number of anilines is 3. The third-order valence-corrected chi connectivity index (χ3v) is 2.36. The van der Waals surface area contributed by atoms with Crippen molar-refractivity contribution >= 4 is 29.2 Å². The molecule has 0 saturated carbocycles. The highest BCUT2D eigenvalue weighted by Gasteiger charge is 2.06. The summed E-state index contributed by atoms with van der Waals surface area (Å²) in [4.78, 5) is 11.9. The molecule has 18 heavy (non-hydrogen) atoms. The van der Waals surface area contributed by atoms with Crippen LogP contribution in [0.15, 0.2) is 24.3 Å². The Morgan fingerprint density at radius 2 is 2.06 bits per heavy atom. The highest BCUT2D eigenvalue weighted by atomic mass is 35.5. The van der Waals surface area contributed by atoms with Crippen LogP contribution in [-0.4, -0.2) is 21.6 Å². The van der Waals surface area contributed by atoms with Gasteiger partial charge in [-0.15, -0.1) is 0 Å². The standard InChI is InChI=1S/C11H12ClN5O/c1-2-18-11-16-9(13)15-10(17-11)14-8-6-4-3-5-7(8)12/h3-6H,2H2,1H3,(H3,13,14,15,16,17). The predicted octanol–water partition coefficient (Wildman–Crippen LogP) is 2.25. The molecule has 0 spiro atoms. The van der Waals surface area contributed by atoms with E-state index in [-0.39, 0.29) is 12.0 Å². The first kappa shape index (κ1) is 12.4. The van der Waals surface area contributed by atoms with E-state index in [0.29, 0.717) is 23.3 Å². The van der Waals surface area contributed by atoms with E-state index in [0.717, 1.165) is 0 Å². The molecule has 0 aliphatic carbocycles. The molecule has 0 aliphatic heterocycles. The van der Waals surface area contributed by atoms with Crippen molar-refractivity contribution in [1.82, 2.24) is 15.0 Å². The van der Waals surface area contributed by atoms with Crippen LogP contribution in [0, 0.1) is 0 Å². The lowest BCUT2D eigenvalue weighted by molar-refractivity contribution is 0.312. The number of nitrogens with zero attached hydrogens (tertiary/aromatic N) is 3. The van der Waals surface area contributed by atoms with E-state index in [4.69, 9.17) is 22.1 Å². The summed E-state index contributed by atoms with van der Waals surface area (Å²) >= 11 is 6.02. The fourth-order valence-electron chi connectivity index (χ4n) is 1.30. The van der Waals surface area contributed by atoms with Gasteiger partial charge in [0.25, 0.3) is 0 Å². The van der Waals surface area contributed by atoms with Crippen molar-refractivity contribution in [2.75, 3.05) is 17.7 Å². The van der Waals surface area contributed by atoms with E-state index in [9.17, 15) is 0 Å². The molecule has 1 aromatic heterocycles. The van der Waals surface area contributed by atoms with Crippen molar-refractivity contribution in [1.29, 1.82) is 0 Å². The van der Waals surface area contributed by atoms with Gasteiger partial charge in [-0.1, -0.05) is 23.7 Å². The molecular formula is C11H12ClN5O. The molecule has 0 unspecified atom stereocenters. The van der Waals surface area contributed by atoms with Crippen molar-refractivity contribution in [3.05, 3.63) is 29.3 Å². The van der Waals surface area contributed by atoms with Crippen LogP contribution >= 0.6 is 11.6 Å². The second-order valence-corrected chi connectivity index (χ2v) is 3.74. The lowest BCUT2D eigenvalue weighted by Crippen LogP contribution is -2.06. The molecule has 0 radical (unpaired) electrons. The van der Waals surface area contributed by atoms with Gasteiger partial charge in [0, 0.05) is 0 Å². The van der Waals surface area contributed by atoms with Gasteiger partial charge in [-0.05, 0) is 19.1 Å². The first-order valence-corrected chi connectivity index (χ1v) is 5.72. The molecule has 94 valence electrons. The highest BCUT2D eigenvalue weighted by Crippen LogP contribution is 2.23. The summed E-state index contributed by atoms with van der Waals surface area (Å²) in [6, 6.07) is 7.43. The number of nitrogens with two attached hydrogens (primary N) is 1. The summed E-state index contributed by atoms with van der Waals surface area (Å²) < 4.78 is 5.18. The Hall–Kier alpha value is -2.08. The molecule has 7 heteroatoms. The first-order valence-electron chi connectivity index (χ1n) is 5.35. The van der Waals surface area contributed by atoms with Crippen LogP contribution in [0.25, 0.3) is 0 Å². The number of hydrogen-bond acceptors (Lipinski definition) is 6. The number of ether oxygens (including phenoxy) is 1. The van der Waals surface area contributed by atoms with Crippen molar-refractivity contribution in [2.45, 2.75) is 6.92 Å². The number of nitrogens with one attached hydrogen (secondary N) is 1. The summed E-state index contributed by atoms with van der Waals surface area (Å²) in [5, 5.41) is 3.52. The molecule has 0 atom stereocenters. The van der Waals surface area contributed by atoms with Crippen LogP contribution in [0.2, 0.25) is 5.02 Å². The Morgan fingerprint density at radius 1 is 1.28 bits per heavy atom. The zero-order valence-corrected chi connectivity index (χ0v) is 10.5. The van der Waals surface area contributed by atoms with E-state index in [1.54, 1.807) is 6.07 Å². The van der Waals surface area contributed by atoms with Crippen LogP contribution in [-0.2, 0) is 0 Å². The molecule has 2 rings (SSSR count).